The fourth-order valence-electron chi connectivity index (χ4n) is 4.43. The van der Waals surface area contributed by atoms with Gasteiger partial charge < -0.3 is 33.7 Å². The number of carbonyl (C=O) groups excluding carboxylic acids is 1. The molecule has 39 heavy (non-hydrogen) atoms. The second-order valence-electron chi connectivity index (χ2n) is 11.0. The second-order valence-corrected chi connectivity index (χ2v) is 16.1. The minimum atomic E-state index is -1.49. The molecule has 1 atom stereocenters. The van der Waals surface area contributed by atoms with E-state index in [1.54, 1.807) is 12.1 Å². The highest BCUT2D eigenvalue weighted by atomic mass is 28.3. The zero-order chi connectivity index (χ0) is 28.3. The highest BCUT2D eigenvalue weighted by Crippen LogP contribution is 2.35. The number of nitrogens with one attached hydrogen (secondary N) is 1. The van der Waals surface area contributed by atoms with Gasteiger partial charge in [0.15, 0.2) is 5.69 Å². The van der Waals surface area contributed by atoms with Crippen LogP contribution in [0.15, 0.2) is 34.7 Å². The van der Waals surface area contributed by atoms with Crippen LogP contribution in [0.25, 0.3) is 0 Å². The lowest BCUT2D eigenvalue weighted by Crippen LogP contribution is -2.37. The van der Waals surface area contributed by atoms with Crippen LogP contribution < -0.4 is 29.6 Å². The summed E-state index contributed by atoms with van der Waals surface area (Å²) in [7, 11) is 5.64. The number of likely N-dealkylation sites (N-methyl/N-ethyl adjacent to an activating group) is 1. The third-order valence-corrected chi connectivity index (χ3v) is 8.94. The number of hydrogen-bond donors (Lipinski definition) is 1. The zero-order valence-corrected chi connectivity index (χ0v) is 25.1. The van der Waals surface area contributed by atoms with Crippen LogP contribution in [0.3, 0.4) is 0 Å². The van der Waals surface area contributed by atoms with E-state index in [-0.39, 0.29) is 29.8 Å². The summed E-state index contributed by atoms with van der Waals surface area (Å²) < 4.78 is 22.9. The van der Waals surface area contributed by atoms with Crippen molar-refractivity contribution in [1.82, 2.24) is 14.9 Å². The van der Waals surface area contributed by atoms with Gasteiger partial charge in [0, 0.05) is 25.2 Å². The molecule has 210 valence electrons. The molecule has 4 rings (SSSR count). The number of carbonyl (C=O) groups is 1. The third-order valence-electron chi connectivity index (χ3n) is 6.89. The molecule has 1 unspecified atom stereocenters. The molecule has 1 aromatic carbocycles. The first-order valence-electron chi connectivity index (χ1n) is 13.1. The van der Waals surface area contributed by atoms with Gasteiger partial charge in [-0.05, 0) is 45.1 Å². The molecule has 1 saturated heterocycles. The Kier molecular flexibility index (Phi) is 8.50. The third kappa shape index (κ3) is 6.71. The summed E-state index contributed by atoms with van der Waals surface area (Å²) >= 11 is 0. The lowest BCUT2D eigenvalue weighted by molar-refractivity contribution is -0.115. The molecule has 3 aromatic rings. The number of aromatic nitrogens is 2. The summed E-state index contributed by atoms with van der Waals surface area (Å²) in [6.45, 7) is 10.5. The van der Waals surface area contributed by atoms with E-state index in [0.717, 1.165) is 30.8 Å². The van der Waals surface area contributed by atoms with Gasteiger partial charge in [-0.2, -0.15) is 9.97 Å². The molecule has 1 fully saturated rings. The number of aryl methyl sites for hydroxylation is 1. The number of anilines is 2. The lowest BCUT2D eigenvalue weighted by atomic mass is 10.2. The van der Waals surface area contributed by atoms with Crippen molar-refractivity contribution >= 4 is 30.8 Å². The largest absolute Gasteiger partial charge is 0.479 e. The predicted molar refractivity (Wildman–Crippen MR) is 155 cm³/mol. The molecular formula is C28H39N5O5Si. The van der Waals surface area contributed by atoms with Gasteiger partial charge in [-0.3, -0.25) is 4.79 Å². The molecule has 1 N–H and O–H groups in total. The Hall–Kier alpha value is -3.57. The van der Waals surface area contributed by atoms with Gasteiger partial charge in [-0.15, -0.1) is 0 Å². The Labute approximate surface area is 231 Å². The SMILES string of the molecule is COc1nc(N2CCC(N(C)C)C2)nc(OC)c1NC(=O)Cc1ccc(Oc2cc([Si](C)(C)C)ccc2C)o1. The maximum atomic E-state index is 13.0. The smallest absolute Gasteiger partial charge is 0.290 e. The Morgan fingerprint density at radius 1 is 1.13 bits per heavy atom. The van der Waals surface area contributed by atoms with Gasteiger partial charge in [0.2, 0.25) is 23.6 Å². The molecule has 0 spiro atoms. The topological polar surface area (TPSA) is 102 Å². The van der Waals surface area contributed by atoms with Gasteiger partial charge in [0.25, 0.3) is 5.95 Å². The van der Waals surface area contributed by atoms with Crippen LogP contribution in [0.5, 0.6) is 23.5 Å². The standard InChI is InChI=1S/C28H39N5O5Si/c1-18-9-11-21(39(6,7)8)16-22(18)38-24-12-10-20(37-24)15-23(34)29-25-26(35-4)30-28(31-27(25)36-5)33-14-13-19(17-33)32(2)3/h9-12,16,19H,13-15,17H2,1-8H3,(H,29,34). The number of hydrogen-bond acceptors (Lipinski definition) is 9. The molecular weight excluding hydrogens is 514 g/mol. The number of rotatable bonds is 10. The Bertz CT molecular complexity index is 1290. The van der Waals surface area contributed by atoms with Crippen molar-refractivity contribution in [1.29, 1.82) is 0 Å². The molecule has 0 bridgehead atoms. The maximum absolute atomic E-state index is 13.0. The zero-order valence-electron chi connectivity index (χ0n) is 24.1. The average Bonchev–Trinajstić information content (AvgIpc) is 3.55. The molecule has 1 aliphatic rings. The van der Waals surface area contributed by atoms with Crippen LogP contribution in [0, 0.1) is 6.92 Å². The van der Waals surface area contributed by atoms with Crippen molar-refractivity contribution in [2.45, 2.75) is 45.4 Å². The fourth-order valence-corrected chi connectivity index (χ4v) is 5.58. The van der Waals surface area contributed by atoms with E-state index in [9.17, 15) is 4.79 Å². The van der Waals surface area contributed by atoms with Crippen molar-refractivity contribution in [3.63, 3.8) is 0 Å². The Morgan fingerprint density at radius 2 is 1.82 bits per heavy atom. The molecule has 1 aliphatic heterocycles. The minimum absolute atomic E-state index is 0.0119. The molecule has 11 heteroatoms. The first-order valence-corrected chi connectivity index (χ1v) is 16.6. The van der Waals surface area contributed by atoms with E-state index in [0.29, 0.717) is 23.7 Å². The molecule has 3 heterocycles. The number of benzene rings is 1. The van der Waals surface area contributed by atoms with Crippen molar-refractivity contribution in [3.05, 3.63) is 41.7 Å². The number of furan rings is 1. The highest BCUT2D eigenvalue weighted by molar-refractivity contribution is 6.88. The van der Waals surface area contributed by atoms with Crippen molar-refractivity contribution in [2.75, 3.05) is 51.6 Å². The summed E-state index contributed by atoms with van der Waals surface area (Å²) in [5.74, 6) is 2.20. The van der Waals surface area contributed by atoms with Crippen LogP contribution in [0.2, 0.25) is 19.6 Å². The fraction of sp³-hybridized carbons (Fsp3) is 0.464. The van der Waals surface area contributed by atoms with Gasteiger partial charge in [-0.25, -0.2) is 0 Å². The molecule has 1 amide bonds. The van der Waals surface area contributed by atoms with Gasteiger partial charge >= 0.3 is 0 Å². The van der Waals surface area contributed by atoms with Crippen LogP contribution >= 0.6 is 0 Å². The van der Waals surface area contributed by atoms with Gasteiger partial charge in [-0.1, -0.05) is 37.0 Å². The summed E-state index contributed by atoms with van der Waals surface area (Å²) in [4.78, 5) is 26.4. The van der Waals surface area contributed by atoms with Crippen molar-refractivity contribution in [2.24, 2.45) is 0 Å². The number of nitrogens with zero attached hydrogens (tertiary/aromatic N) is 4. The van der Waals surface area contributed by atoms with E-state index in [4.69, 9.17) is 18.6 Å². The molecule has 0 radical (unpaired) electrons. The molecule has 2 aromatic heterocycles. The predicted octanol–water partition coefficient (Wildman–Crippen LogP) is 4.05. The first kappa shape index (κ1) is 28.4. The average molecular weight is 554 g/mol. The number of methoxy groups -OCH3 is 2. The van der Waals surface area contributed by atoms with Crippen LogP contribution in [-0.2, 0) is 11.2 Å². The molecule has 10 nitrogen and oxygen atoms in total. The van der Waals surface area contributed by atoms with Gasteiger partial charge in [0.1, 0.15) is 11.5 Å². The van der Waals surface area contributed by atoms with Crippen LogP contribution in [0.4, 0.5) is 11.6 Å². The lowest BCUT2D eigenvalue weighted by Gasteiger charge is -2.21. The quantitative estimate of drug-likeness (QED) is 0.373. The van der Waals surface area contributed by atoms with Crippen molar-refractivity contribution < 1.29 is 23.4 Å². The molecule has 0 aliphatic carbocycles. The summed E-state index contributed by atoms with van der Waals surface area (Å²) in [5.41, 5.74) is 1.29. The van der Waals surface area contributed by atoms with E-state index in [1.165, 1.54) is 19.4 Å². The Balaban J connectivity index is 1.45. The molecule has 0 saturated carbocycles. The summed E-state index contributed by atoms with van der Waals surface area (Å²) in [6, 6.07) is 10.2. The summed E-state index contributed by atoms with van der Waals surface area (Å²) in [5, 5.41) is 4.13. The van der Waals surface area contributed by atoms with E-state index in [1.807, 2.05) is 6.92 Å². The second kappa shape index (κ2) is 11.7. The summed E-state index contributed by atoms with van der Waals surface area (Å²) in [6.07, 6.45) is 1.000. The maximum Gasteiger partial charge on any atom is 0.290 e. The Morgan fingerprint density at radius 3 is 2.41 bits per heavy atom. The van der Waals surface area contributed by atoms with Gasteiger partial charge in [0.05, 0.1) is 28.7 Å². The first-order chi connectivity index (χ1) is 18.5. The van der Waals surface area contributed by atoms with Crippen molar-refractivity contribution in [3.8, 4) is 23.5 Å². The van der Waals surface area contributed by atoms with Crippen LogP contribution in [0.1, 0.15) is 17.7 Å². The van der Waals surface area contributed by atoms with E-state index < -0.39 is 8.07 Å². The highest BCUT2D eigenvalue weighted by Gasteiger charge is 2.28. The van der Waals surface area contributed by atoms with E-state index in [2.05, 4.69) is 77.0 Å². The van der Waals surface area contributed by atoms with E-state index >= 15 is 0 Å². The minimum Gasteiger partial charge on any atom is -0.479 e. The number of amides is 1. The normalized spacial score (nSPS) is 15.5. The van der Waals surface area contributed by atoms with Crippen LogP contribution in [-0.4, -0.2) is 76.3 Å². The number of ether oxygens (including phenoxy) is 3. The monoisotopic (exact) mass is 553 g/mol.